The molecule has 174 valence electrons. The van der Waals surface area contributed by atoms with Crippen LogP contribution in [0.2, 0.25) is 0 Å². The van der Waals surface area contributed by atoms with Gasteiger partial charge in [0.2, 0.25) is 0 Å². The van der Waals surface area contributed by atoms with Crippen LogP contribution in [0.25, 0.3) is 0 Å². The molecule has 0 bridgehead atoms. The number of aliphatic hydroxyl groups is 1. The summed E-state index contributed by atoms with van der Waals surface area (Å²) in [5.41, 5.74) is 0.398. The van der Waals surface area contributed by atoms with Gasteiger partial charge >= 0.3 is 0 Å². The molecule has 0 heterocycles. The molecule has 1 aromatic carbocycles. The molecule has 0 saturated heterocycles. The molecule has 0 fully saturated rings. The first-order valence-corrected chi connectivity index (χ1v) is 11.1. The summed E-state index contributed by atoms with van der Waals surface area (Å²) in [6.45, 7) is 11.0. The molecular weight excluding hydrogens is 428 g/mol. The zero-order chi connectivity index (χ0) is 24.4. The van der Waals surface area contributed by atoms with Gasteiger partial charge in [-0.3, -0.25) is 9.59 Å². The quantitative estimate of drug-likeness (QED) is 0.346. The van der Waals surface area contributed by atoms with Crippen LogP contribution in [0.4, 0.5) is 0 Å². The topological polar surface area (TPSA) is 94.8 Å². The maximum absolute atomic E-state index is 13.5. The van der Waals surface area contributed by atoms with Crippen LogP contribution in [0.5, 0.6) is 11.5 Å². The Balaban J connectivity index is 2.62. The Morgan fingerprint density at radius 2 is 1.56 bits per heavy atom. The van der Waals surface area contributed by atoms with Crippen molar-refractivity contribution in [3.05, 3.63) is 57.7 Å². The lowest BCUT2D eigenvalue weighted by molar-refractivity contribution is 0.00725. The third kappa shape index (κ3) is 4.69. The number of phenolic OH excluding ortho intramolecular Hbond substituents is 2. The van der Waals surface area contributed by atoms with Crippen molar-refractivity contribution in [2.24, 2.45) is 0 Å². The van der Waals surface area contributed by atoms with Crippen molar-refractivity contribution in [2.45, 2.75) is 77.7 Å². The third-order valence-electron chi connectivity index (χ3n) is 6.02. The standard InChI is InChI=1S/C26H33ClO5/c1-15(2)8-7-9-17(5)11-13-26(32)23(30)19-14-20(28)18(6)22(29)21(19)24(31)25(26,27)12-10-16(3)4/h8,10-11,14,28-29,32H,7,9,12-13H2,1-6H3/t25-,26-/m0/s1. The highest BCUT2D eigenvalue weighted by atomic mass is 35.5. The van der Waals surface area contributed by atoms with Crippen molar-refractivity contribution in [1.29, 1.82) is 0 Å². The van der Waals surface area contributed by atoms with Gasteiger partial charge < -0.3 is 15.3 Å². The second-order valence-corrected chi connectivity index (χ2v) is 9.82. The van der Waals surface area contributed by atoms with E-state index in [-0.39, 0.29) is 35.3 Å². The van der Waals surface area contributed by atoms with Gasteiger partial charge in [-0.05, 0) is 66.9 Å². The number of ketones is 2. The second-order valence-electron chi connectivity index (χ2n) is 9.17. The smallest absolute Gasteiger partial charge is 0.197 e. The molecule has 0 aliphatic heterocycles. The lowest BCUT2D eigenvalue weighted by Crippen LogP contribution is -2.63. The number of rotatable bonds is 7. The van der Waals surface area contributed by atoms with Gasteiger partial charge in [0.05, 0.1) is 5.56 Å². The molecule has 1 aromatic rings. The van der Waals surface area contributed by atoms with Crippen LogP contribution in [0, 0.1) is 6.92 Å². The number of carbonyl (C=O) groups is 2. The predicted molar refractivity (Wildman–Crippen MR) is 128 cm³/mol. The Labute approximate surface area is 195 Å². The first kappa shape index (κ1) is 25.9. The second kappa shape index (κ2) is 9.63. The molecule has 0 radical (unpaired) electrons. The van der Waals surface area contributed by atoms with Crippen molar-refractivity contribution in [3.8, 4) is 11.5 Å². The van der Waals surface area contributed by atoms with E-state index in [9.17, 15) is 24.9 Å². The van der Waals surface area contributed by atoms with Crippen LogP contribution in [0.3, 0.4) is 0 Å². The van der Waals surface area contributed by atoms with Crippen LogP contribution in [0.15, 0.2) is 41.0 Å². The van der Waals surface area contributed by atoms with E-state index >= 15 is 0 Å². The molecule has 3 N–H and O–H groups in total. The minimum Gasteiger partial charge on any atom is -0.508 e. The Kier molecular flexibility index (Phi) is 7.79. The Morgan fingerprint density at radius 3 is 2.12 bits per heavy atom. The minimum absolute atomic E-state index is 0.0755. The molecule has 0 spiro atoms. The summed E-state index contributed by atoms with van der Waals surface area (Å²) in [5, 5.41) is 32.3. The SMILES string of the molecule is CC(C)=CCCC(C)=CC[C@]1(O)C(=O)c2cc(O)c(C)c(O)c2C(=O)[C@@]1(Cl)CC=C(C)C. The highest BCUT2D eigenvalue weighted by Gasteiger charge is 2.62. The van der Waals surface area contributed by atoms with Gasteiger partial charge in [0.25, 0.3) is 0 Å². The molecule has 1 aliphatic rings. The average molecular weight is 461 g/mol. The zero-order valence-corrected chi connectivity index (χ0v) is 20.4. The summed E-state index contributed by atoms with van der Waals surface area (Å²) in [5.74, 6) is -2.34. The number of halogens is 1. The summed E-state index contributed by atoms with van der Waals surface area (Å²) in [7, 11) is 0. The van der Waals surface area contributed by atoms with E-state index in [1.54, 1.807) is 12.2 Å². The monoisotopic (exact) mass is 460 g/mol. The lowest BCUT2D eigenvalue weighted by Gasteiger charge is -2.44. The van der Waals surface area contributed by atoms with Crippen LogP contribution < -0.4 is 0 Å². The van der Waals surface area contributed by atoms with E-state index in [0.717, 1.165) is 30.1 Å². The number of hydrogen-bond donors (Lipinski definition) is 3. The molecule has 2 atom stereocenters. The van der Waals surface area contributed by atoms with Gasteiger partial charge in [0.15, 0.2) is 17.2 Å². The first-order valence-electron chi connectivity index (χ1n) is 10.7. The van der Waals surface area contributed by atoms with E-state index in [0.29, 0.717) is 0 Å². The van der Waals surface area contributed by atoms with Crippen molar-refractivity contribution in [1.82, 2.24) is 0 Å². The third-order valence-corrected chi connectivity index (χ3v) is 6.66. The van der Waals surface area contributed by atoms with Crippen LogP contribution in [0.1, 0.15) is 86.6 Å². The average Bonchev–Trinajstić information content (AvgIpc) is 2.71. The van der Waals surface area contributed by atoms with Gasteiger partial charge in [-0.2, -0.15) is 0 Å². The van der Waals surface area contributed by atoms with E-state index in [1.807, 2.05) is 34.6 Å². The molecule has 6 heteroatoms. The fourth-order valence-corrected chi connectivity index (χ4v) is 4.16. The molecule has 0 saturated carbocycles. The van der Waals surface area contributed by atoms with Crippen LogP contribution in [-0.2, 0) is 0 Å². The number of aromatic hydroxyl groups is 2. The number of hydrogen-bond acceptors (Lipinski definition) is 5. The van der Waals surface area contributed by atoms with Crippen molar-refractivity contribution in [2.75, 3.05) is 0 Å². The maximum Gasteiger partial charge on any atom is 0.197 e. The number of carbonyl (C=O) groups excluding carboxylic acids is 2. The fraction of sp³-hybridized carbons (Fsp3) is 0.462. The number of Topliss-reactive ketones (excluding diaryl/α,β-unsaturated/α-hetero) is 2. The normalized spacial score (nSPS) is 23.1. The number of benzene rings is 1. The Hall–Kier alpha value is -2.37. The summed E-state index contributed by atoms with van der Waals surface area (Å²) in [6.07, 6.45) is 6.86. The molecular formula is C26H33ClO5. The Bertz CT molecular complexity index is 1030. The molecule has 32 heavy (non-hydrogen) atoms. The number of alkyl halides is 1. The molecule has 0 amide bonds. The van der Waals surface area contributed by atoms with Crippen molar-refractivity contribution < 1.29 is 24.9 Å². The minimum atomic E-state index is -2.24. The zero-order valence-electron chi connectivity index (χ0n) is 19.7. The number of allylic oxidation sites excluding steroid dienone is 5. The predicted octanol–water partition coefficient (Wildman–Crippen LogP) is 5.93. The van der Waals surface area contributed by atoms with Gasteiger partial charge in [-0.1, -0.05) is 34.9 Å². The van der Waals surface area contributed by atoms with Crippen LogP contribution >= 0.6 is 11.6 Å². The summed E-state index contributed by atoms with van der Waals surface area (Å²) in [6, 6.07) is 1.12. The lowest BCUT2D eigenvalue weighted by atomic mass is 9.66. The van der Waals surface area contributed by atoms with Gasteiger partial charge in [-0.25, -0.2) is 0 Å². The molecule has 5 nitrogen and oxygen atoms in total. The number of phenols is 2. The fourth-order valence-electron chi connectivity index (χ4n) is 3.82. The molecule has 1 aliphatic carbocycles. The largest absolute Gasteiger partial charge is 0.508 e. The molecule has 2 rings (SSSR count). The van der Waals surface area contributed by atoms with Gasteiger partial charge in [-0.15, -0.1) is 11.6 Å². The summed E-state index contributed by atoms with van der Waals surface area (Å²) >= 11 is 6.82. The van der Waals surface area contributed by atoms with E-state index < -0.39 is 27.8 Å². The molecule has 0 aromatic heterocycles. The highest BCUT2D eigenvalue weighted by Crippen LogP contribution is 2.49. The van der Waals surface area contributed by atoms with Gasteiger partial charge in [0.1, 0.15) is 16.4 Å². The first-order chi connectivity index (χ1) is 14.8. The number of fused-ring (bicyclic) bond motifs is 1. The van der Waals surface area contributed by atoms with Crippen molar-refractivity contribution in [3.63, 3.8) is 0 Å². The van der Waals surface area contributed by atoms with E-state index in [2.05, 4.69) is 6.08 Å². The van der Waals surface area contributed by atoms with E-state index in [1.165, 1.54) is 12.5 Å². The molecule has 0 unspecified atom stereocenters. The van der Waals surface area contributed by atoms with Gasteiger partial charge in [0, 0.05) is 17.5 Å². The summed E-state index contributed by atoms with van der Waals surface area (Å²) < 4.78 is 0. The van der Waals surface area contributed by atoms with Crippen LogP contribution in [-0.4, -0.2) is 37.4 Å². The highest BCUT2D eigenvalue weighted by molar-refractivity contribution is 6.44. The summed E-state index contributed by atoms with van der Waals surface area (Å²) in [4.78, 5) is 25.1. The van der Waals surface area contributed by atoms with E-state index in [4.69, 9.17) is 11.6 Å². The maximum atomic E-state index is 13.5. The Morgan fingerprint density at radius 1 is 0.969 bits per heavy atom. The van der Waals surface area contributed by atoms with Crippen molar-refractivity contribution >= 4 is 23.2 Å².